The number of likely N-dealkylation sites (tertiary alicyclic amines) is 2. The summed E-state index contributed by atoms with van der Waals surface area (Å²) in [6.45, 7) is 11.6. The number of aromatic nitrogens is 1. The van der Waals surface area contributed by atoms with Gasteiger partial charge in [-0.3, -0.25) is 9.69 Å². The van der Waals surface area contributed by atoms with Crippen molar-refractivity contribution in [1.82, 2.24) is 20.1 Å². The maximum Gasteiger partial charge on any atom is 0.224 e. The molecule has 1 atom stereocenters. The molecule has 1 amide bonds. The third-order valence-electron chi connectivity index (χ3n) is 5.68. The maximum atomic E-state index is 12.6. The number of hydrogen-bond acceptors (Lipinski definition) is 5. The van der Waals surface area contributed by atoms with Gasteiger partial charge in [0.25, 0.3) is 0 Å². The fourth-order valence-electron chi connectivity index (χ4n) is 4.13. The van der Waals surface area contributed by atoms with Crippen LogP contribution in [0.25, 0.3) is 0 Å². The van der Waals surface area contributed by atoms with Crippen LogP contribution in [-0.2, 0) is 11.3 Å². The van der Waals surface area contributed by atoms with E-state index < -0.39 is 0 Å². The lowest BCUT2D eigenvalue weighted by Gasteiger charge is -2.43. The van der Waals surface area contributed by atoms with Crippen LogP contribution in [0.4, 0.5) is 0 Å². The van der Waals surface area contributed by atoms with Crippen molar-refractivity contribution in [2.24, 2.45) is 5.92 Å². The van der Waals surface area contributed by atoms with E-state index in [0.29, 0.717) is 18.6 Å². The number of carbonyl (C=O) groups is 1. The van der Waals surface area contributed by atoms with E-state index in [4.69, 9.17) is 0 Å². The summed E-state index contributed by atoms with van der Waals surface area (Å²) in [7, 11) is 0. The van der Waals surface area contributed by atoms with Crippen LogP contribution >= 0.6 is 11.3 Å². The highest BCUT2D eigenvalue weighted by Gasteiger charge is 2.31. The molecule has 2 fully saturated rings. The minimum atomic E-state index is 0.136. The van der Waals surface area contributed by atoms with Crippen LogP contribution in [0.5, 0.6) is 0 Å². The summed E-state index contributed by atoms with van der Waals surface area (Å²) < 4.78 is 0. The summed E-state index contributed by atoms with van der Waals surface area (Å²) in [5.41, 5.74) is 0.976. The van der Waals surface area contributed by atoms with Crippen LogP contribution < -0.4 is 5.32 Å². The van der Waals surface area contributed by atoms with Crippen molar-refractivity contribution >= 4 is 17.2 Å². The number of aryl methyl sites for hydroxylation is 1. The number of thiazole rings is 1. The highest BCUT2D eigenvalue weighted by molar-refractivity contribution is 7.09. The molecule has 0 spiro atoms. The standard InChI is InChI=1S/C19H32N4OS/c1-14(2)22-9-6-18(7-10-22)23-8-4-5-16(12-23)19(24)20-11-17-13-25-15(3)21-17/h13-14,16,18H,4-12H2,1-3H3,(H,20,24). The highest BCUT2D eigenvalue weighted by Crippen LogP contribution is 2.24. The molecule has 2 aliphatic heterocycles. The average Bonchev–Trinajstić information content (AvgIpc) is 3.05. The van der Waals surface area contributed by atoms with Crippen molar-refractivity contribution in [1.29, 1.82) is 0 Å². The lowest BCUT2D eigenvalue weighted by molar-refractivity contribution is -0.127. The highest BCUT2D eigenvalue weighted by atomic mass is 32.1. The van der Waals surface area contributed by atoms with E-state index in [2.05, 4.69) is 33.9 Å². The maximum absolute atomic E-state index is 12.6. The van der Waals surface area contributed by atoms with E-state index >= 15 is 0 Å². The minimum absolute atomic E-state index is 0.136. The summed E-state index contributed by atoms with van der Waals surface area (Å²) in [6, 6.07) is 1.31. The van der Waals surface area contributed by atoms with Gasteiger partial charge in [0, 0.05) is 24.0 Å². The molecular formula is C19H32N4OS. The fraction of sp³-hybridized carbons (Fsp3) is 0.789. The van der Waals surface area contributed by atoms with E-state index in [0.717, 1.165) is 36.6 Å². The van der Waals surface area contributed by atoms with Crippen molar-refractivity contribution < 1.29 is 4.79 Å². The van der Waals surface area contributed by atoms with Gasteiger partial charge in [0.05, 0.1) is 23.2 Å². The molecule has 0 aromatic carbocycles. The predicted molar refractivity (Wildman–Crippen MR) is 103 cm³/mol. The first-order valence-electron chi connectivity index (χ1n) is 9.69. The Bertz CT molecular complexity index is 566. The predicted octanol–water partition coefficient (Wildman–Crippen LogP) is 2.65. The second-order valence-corrected chi connectivity index (χ2v) is 8.83. The molecule has 6 heteroatoms. The molecule has 1 aromatic rings. The zero-order chi connectivity index (χ0) is 17.8. The third-order valence-corrected chi connectivity index (χ3v) is 6.50. The molecule has 3 heterocycles. The molecule has 5 nitrogen and oxygen atoms in total. The Morgan fingerprint density at radius 2 is 2.08 bits per heavy atom. The second-order valence-electron chi connectivity index (χ2n) is 7.77. The van der Waals surface area contributed by atoms with Crippen molar-refractivity contribution in [3.63, 3.8) is 0 Å². The van der Waals surface area contributed by atoms with E-state index in [-0.39, 0.29) is 11.8 Å². The molecule has 0 aliphatic carbocycles. The number of nitrogens with zero attached hydrogens (tertiary/aromatic N) is 3. The van der Waals surface area contributed by atoms with Crippen LogP contribution in [0.15, 0.2) is 5.38 Å². The molecule has 0 radical (unpaired) electrons. The Morgan fingerprint density at radius 3 is 2.72 bits per heavy atom. The van der Waals surface area contributed by atoms with Gasteiger partial charge in [0.1, 0.15) is 0 Å². The van der Waals surface area contributed by atoms with Crippen molar-refractivity contribution in [2.45, 2.75) is 65.1 Å². The zero-order valence-electron chi connectivity index (χ0n) is 15.8. The Labute approximate surface area is 155 Å². The SMILES string of the molecule is Cc1nc(CNC(=O)C2CCCN(C3CCN(C(C)C)CC3)C2)cs1. The van der Waals surface area contributed by atoms with Crippen LogP contribution in [0.1, 0.15) is 50.2 Å². The Morgan fingerprint density at radius 1 is 1.32 bits per heavy atom. The lowest BCUT2D eigenvalue weighted by Crippen LogP contribution is -2.51. The first-order chi connectivity index (χ1) is 12.0. The number of amides is 1. The Hall–Kier alpha value is -0.980. The molecule has 1 aromatic heterocycles. The van der Waals surface area contributed by atoms with Gasteiger partial charge in [-0.2, -0.15) is 0 Å². The molecular weight excluding hydrogens is 332 g/mol. The number of rotatable bonds is 5. The summed E-state index contributed by atoms with van der Waals surface area (Å²) in [6.07, 6.45) is 4.64. The van der Waals surface area contributed by atoms with Crippen molar-refractivity contribution in [3.05, 3.63) is 16.1 Å². The Kier molecular flexibility index (Phi) is 6.47. The van der Waals surface area contributed by atoms with Gasteiger partial charge in [-0.05, 0) is 66.1 Å². The molecule has 140 valence electrons. The Balaban J connectivity index is 1.46. The van der Waals surface area contributed by atoms with Crippen molar-refractivity contribution in [2.75, 3.05) is 26.2 Å². The molecule has 3 rings (SSSR count). The quantitative estimate of drug-likeness (QED) is 0.873. The topological polar surface area (TPSA) is 48.5 Å². The number of nitrogens with one attached hydrogen (secondary N) is 1. The van der Waals surface area contributed by atoms with E-state index in [1.165, 1.54) is 25.9 Å². The van der Waals surface area contributed by atoms with Crippen LogP contribution in [0.2, 0.25) is 0 Å². The van der Waals surface area contributed by atoms with Gasteiger partial charge in [0.15, 0.2) is 0 Å². The van der Waals surface area contributed by atoms with Crippen LogP contribution in [0, 0.1) is 12.8 Å². The van der Waals surface area contributed by atoms with Gasteiger partial charge < -0.3 is 10.2 Å². The van der Waals surface area contributed by atoms with E-state index in [1.807, 2.05) is 12.3 Å². The van der Waals surface area contributed by atoms with E-state index in [9.17, 15) is 4.79 Å². The smallest absolute Gasteiger partial charge is 0.224 e. The van der Waals surface area contributed by atoms with Gasteiger partial charge in [-0.25, -0.2) is 4.98 Å². The van der Waals surface area contributed by atoms with E-state index in [1.54, 1.807) is 11.3 Å². The zero-order valence-corrected chi connectivity index (χ0v) is 16.6. The monoisotopic (exact) mass is 364 g/mol. The number of piperidine rings is 2. The summed E-state index contributed by atoms with van der Waals surface area (Å²) in [5, 5.41) is 6.19. The summed E-state index contributed by atoms with van der Waals surface area (Å²) in [4.78, 5) is 22.2. The molecule has 25 heavy (non-hydrogen) atoms. The second kappa shape index (κ2) is 8.60. The number of carbonyl (C=O) groups excluding carboxylic acids is 1. The first kappa shape index (κ1) is 18.8. The van der Waals surface area contributed by atoms with Gasteiger partial charge >= 0.3 is 0 Å². The van der Waals surface area contributed by atoms with Gasteiger partial charge in [0.2, 0.25) is 5.91 Å². The van der Waals surface area contributed by atoms with Gasteiger partial charge in [-0.15, -0.1) is 11.3 Å². The molecule has 0 bridgehead atoms. The molecule has 0 saturated carbocycles. The summed E-state index contributed by atoms with van der Waals surface area (Å²) in [5.74, 6) is 0.339. The van der Waals surface area contributed by atoms with Crippen LogP contribution in [-0.4, -0.2) is 59.0 Å². The normalized spacial score (nSPS) is 23.9. The lowest BCUT2D eigenvalue weighted by atomic mass is 9.93. The molecule has 1 unspecified atom stereocenters. The minimum Gasteiger partial charge on any atom is -0.350 e. The van der Waals surface area contributed by atoms with Crippen molar-refractivity contribution in [3.8, 4) is 0 Å². The first-order valence-corrected chi connectivity index (χ1v) is 10.6. The molecule has 2 saturated heterocycles. The number of hydrogen-bond donors (Lipinski definition) is 1. The average molecular weight is 365 g/mol. The fourth-order valence-corrected chi connectivity index (χ4v) is 4.74. The summed E-state index contributed by atoms with van der Waals surface area (Å²) >= 11 is 1.64. The molecule has 2 aliphatic rings. The largest absolute Gasteiger partial charge is 0.350 e. The van der Waals surface area contributed by atoms with Crippen LogP contribution in [0.3, 0.4) is 0 Å². The third kappa shape index (κ3) is 5.02. The molecule has 1 N–H and O–H groups in total. The van der Waals surface area contributed by atoms with Gasteiger partial charge in [-0.1, -0.05) is 0 Å².